The lowest BCUT2D eigenvalue weighted by molar-refractivity contribution is 0.0992. The molecule has 0 unspecified atom stereocenters. The van der Waals surface area contributed by atoms with Crippen LogP contribution < -0.4 is 10.6 Å². The first kappa shape index (κ1) is 15.0. The number of nitrogens with zero attached hydrogens (tertiary/aromatic N) is 1. The average Bonchev–Trinajstić information content (AvgIpc) is 2.50. The van der Waals surface area contributed by atoms with Gasteiger partial charge in [-0.1, -0.05) is 19.1 Å². The molecule has 0 spiro atoms. The Kier molecular flexibility index (Phi) is 4.26. The van der Waals surface area contributed by atoms with Crippen molar-refractivity contribution in [3.8, 4) is 0 Å². The first-order valence-corrected chi connectivity index (χ1v) is 6.86. The number of carbonyl (C=O) groups is 1. The van der Waals surface area contributed by atoms with E-state index in [2.05, 4.69) is 6.92 Å². The first-order chi connectivity index (χ1) is 9.93. The maximum absolute atomic E-state index is 13.7. The number of anilines is 2. The number of hydrogen-bond donors (Lipinski definition) is 1. The Labute approximate surface area is 124 Å². The van der Waals surface area contributed by atoms with Crippen LogP contribution in [0.3, 0.4) is 0 Å². The minimum Gasteiger partial charge on any atom is -0.398 e. The summed E-state index contributed by atoms with van der Waals surface area (Å²) in [4.78, 5) is 13.9. The molecule has 2 aromatic rings. The molecule has 1 amide bonds. The highest BCUT2D eigenvalue weighted by atomic mass is 19.1. The van der Waals surface area contributed by atoms with Crippen molar-refractivity contribution in [2.75, 3.05) is 17.7 Å². The molecule has 4 heteroatoms. The standard InChI is InChI=1S/C17H19FN2O/c1-4-12-5-7-14(8-6-12)20(3)17(21)13-9-15(18)11(2)16(19)10-13/h5-10H,4,19H2,1-3H3. The zero-order valence-corrected chi connectivity index (χ0v) is 12.5. The molecule has 0 bridgehead atoms. The van der Waals surface area contributed by atoms with E-state index in [-0.39, 0.29) is 17.2 Å². The zero-order chi connectivity index (χ0) is 15.6. The maximum Gasteiger partial charge on any atom is 0.258 e. The van der Waals surface area contributed by atoms with Gasteiger partial charge in [0.25, 0.3) is 5.91 Å². The van der Waals surface area contributed by atoms with Crippen LogP contribution in [0.5, 0.6) is 0 Å². The van der Waals surface area contributed by atoms with Gasteiger partial charge in [-0.2, -0.15) is 0 Å². The SMILES string of the molecule is CCc1ccc(N(C)C(=O)c2cc(N)c(C)c(F)c2)cc1. The summed E-state index contributed by atoms with van der Waals surface area (Å²) in [5, 5.41) is 0. The van der Waals surface area contributed by atoms with E-state index in [0.717, 1.165) is 12.1 Å². The molecule has 21 heavy (non-hydrogen) atoms. The minimum atomic E-state index is -0.465. The summed E-state index contributed by atoms with van der Waals surface area (Å²) in [6.07, 6.45) is 0.942. The molecule has 0 aliphatic carbocycles. The maximum atomic E-state index is 13.7. The lowest BCUT2D eigenvalue weighted by atomic mass is 10.1. The Morgan fingerprint density at radius 2 is 1.86 bits per heavy atom. The number of benzene rings is 2. The largest absolute Gasteiger partial charge is 0.398 e. The fourth-order valence-corrected chi connectivity index (χ4v) is 2.09. The predicted octanol–water partition coefficient (Wildman–Crippen LogP) is 3.56. The number of aryl methyl sites for hydroxylation is 1. The predicted molar refractivity (Wildman–Crippen MR) is 84.1 cm³/mol. The summed E-state index contributed by atoms with van der Waals surface area (Å²) in [5.41, 5.74) is 8.58. The van der Waals surface area contributed by atoms with Gasteiger partial charge in [0.1, 0.15) is 5.82 Å². The van der Waals surface area contributed by atoms with Crippen LogP contribution in [-0.2, 0) is 6.42 Å². The topological polar surface area (TPSA) is 46.3 Å². The van der Waals surface area contributed by atoms with E-state index in [0.29, 0.717) is 5.56 Å². The number of amides is 1. The van der Waals surface area contributed by atoms with Gasteiger partial charge < -0.3 is 10.6 Å². The number of nitrogens with two attached hydrogens (primary N) is 1. The molecule has 0 radical (unpaired) electrons. The normalized spacial score (nSPS) is 10.5. The molecular weight excluding hydrogens is 267 g/mol. The third-order valence-electron chi connectivity index (χ3n) is 3.67. The Hall–Kier alpha value is -2.36. The molecule has 0 heterocycles. The highest BCUT2D eigenvalue weighted by Crippen LogP contribution is 2.21. The second-order valence-electron chi connectivity index (χ2n) is 5.06. The van der Waals surface area contributed by atoms with Gasteiger partial charge >= 0.3 is 0 Å². The van der Waals surface area contributed by atoms with Gasteiger partial charge in [0, 0.05) is 29.5 Å². The Morgan fingerprint density at radius 3 is 2.38 bits per heavy atom. The van der Waals surface area contributed by atoms with Crippen molar-refractivity contribution >= 4 is 17.3 Å². The highest BCUT2D eigenvalue weighted by Gasteiger charge is 2.16. The Morgan fingerprint density at radius 1 is 1.24 bits per heavy atom. The lowest BCUT2D eigenvalue weighted by Crippen LogP contribution is -2.26. The third-order valence-corrected chi connectivity index (χ3v) is 3.67. The van der Waals surface area contributed by atoms with E-state index < -0.39 is 5.82 Å². The van der Waals surface area contributed by atoms with Crippen molar-refractivity contribution in [2.24, 2.45) is 0 Å². The van der Waals surface area contributed by atoms with Crippen LogP contribution in [0.25, 0.3) is 0 Å². The molecule has 0 aliphatic rings. The highest BCUT2D eigenvalue weighted by molar-refractivity contribution is 6.06. The molecule has 2 rings (SSSR count). The van der Waals surface area contributed by atoms with Crippen molar-refractivity contribution in [1.82, 2.24) is 0 Å². The number of hydrogen-bond acceptors (Lipinski definition) is 2. The van der Waals surface area contributed by atoms with Crippen molar-refractivity contribution < 1.29 is 9.18 Å². The van der Waals surface area contributed by atoms with Crippen LogP contribution in [0.1, 0.15) is 28.4 Å². The van der Waals surface area contributed by atoms with Crippen LogP contribution in [0.4, 0.5) is 15.8 Å². The van der Waals surface area contributed by atoms with Crippen LogP contribution in [-0.4, -0.2) is 13.0 Å². The molecule has 0 aliphatic heterocycles. The van der Waals surface area contributed by atoms with Crippen molar-refractivity contribution in [3.05, 3.63) is 58.9 Å². The van der Waals surface area contributed by atoms with Crippen molar-refractivity contribution in [2.45, 2.75) is 20.3 Å². The minimum absolute atomic E-state index is 0.248. The monoisotopic (exact) mass is 286 g/mol. The molecule has 3 nitrogen and oxygen atoms in total. The van der Waals surface area contributed by atoms with E-state index in [1.807, 2.05) is 24.3 Å². The van der Waals surface area contributed by atoms with Gasteiger partial charge in [0.2, 0.25) is 0 Å². The average molecular weight is 286 g/mol. The molecule has 2 aromatic carbocycles. The van der Waals surface area contributed by atoms with Crippen molar-refractivity contribution in [3.63, 3.8) is 0 Å². The second kappa shape index (κ2) is 5.95. The van der Waals surface area contributed by atoms with E-state index in [9.17, 15) is 9.18 Å². The fraction of sp³-hybridized carbons (Fsp3) is 0.235. The van der Waals surface area contributed by atoms with Gasteiger partial charge in [0.15, 0.2) is 0 Å². The number of rotatable bonds is 3. The first-order valence-electron chi connectivity index (χ1n) is 6.86. The fourth-order valence-electron chi connectivity index (χ4n) is 2.09. The number of carbonyl (C=O) groups excluding carboxylic acids is 1. The number of nitrogen functional groups attached to an aromatic ring is 1. The molecule has 0 saturated heterocycles. The van der Waals surface area contributed by atoms with Gasteiger partial charge in [-0.3, -0.25) is 4.79 Å². The molecule has 0 atom stereocenters. The summed E-state index contributed by atoms with van der Waals surface area (Å²) in [5.74, 6) is -0.752. The van der Waals surface area contributed by atoms with E-state index in [1.54, 1.807) is 14.0 Å². The second-order valence-corrected chi connectivity index (χ2v) is 5.06. The van der Waals surface area contributed by atoms with Gasteiger partial charge in [-0.05, 0) is 43.2 Å². The summed E-state index contributed by atoms with van der Waals surface area (Å²) < 4.78 is 13.7. The van der Waals surface area contributed by atoms with E-state index in [4.69, 9.17) is 5.73 Å². The van der Waals surface area contributed by atoms with Crippen LogP contribution in [0.2, 0.25) is 0 Å². The van der Waals surface area contributed by atoms with Gasteiger partial charge in [-0.25, -0.2) is 4.39 Å². The molecule has 110 valence electrons. The Balaban J connectivity index is 2.30. The van der Waals surface area contributed by atoms with Gasteiger partial charge in [-0.15, -0.1) is 0 Å². The quantitative estimate of drug-likeness (QED) is 0.877. The lowest BCUT2D eigenvalue weighted by Gasteiger charge is -2.18. The summed E-state index contributed by atoms with van der Waals surface area (Å²) in [7, 11) is 1.66. The molecular formula is C17H19FN2O. The van der Waals surface area contributed by atoms with Crippen LogP contribution in [0, 0.1) is 12.7 Å². The Bertz CT molecular complexity index is 642. The zero-order valence-electron chi connectivity index (χ0n) is 12.5. The third kappa shape index (κ3) is 3.05. The van der Waals surface area contributed by atoms with E-state index >= 15 is 0 Å². The molecule has 0 saturated carbocycles. The molecule has 0 aromatic heterocycles. The molecule has 2 N–H and O–H groups in total. The van der Waals surface area contributed by atoms with Crippen LogP contribution >= 0.6 is 0 Å². The van der Waals surface area contributed by atoms with Crippen LogP contribution in [0.15, 0.2) is 36.4 Å². The van der Waals surface area contributed by atoms with Crippen molar-refractivity contribution in [1.29, 1.82) is 0 Å². The van der Waals surface area contributed by atoms with Gasteiger partial charge in [0.05, 0.1) is 0 Å². The summed E-state index contributed by atoms with van der Waals surface area (Å²) in [6.45, 7) is 3.66. The summed E-state index contributed by atoms with van der Waals surface area (Å²) >= 11 is 0. The number of halogens is 1. The van der Waals surface area contributed by atoms with E-state index in [1.165, 1.54) is 22.6 Å². The smallest absolute Gasteiger partial charge is 0.258 e. The summed E-state index contributed by atoms with van der Waals surface area (Å²) in [6, 6.07) is 10.4. The molecule has 0 fully saturated rings.